The van der Waals surface area contributed by atoms with Crippen molar-refractivity contribution in [1.29, 1.82) is 0 Å². The number of piperidine rings is 1. The number of nitrogens with one attached hydrogen (secondary N) is 1. The van der Waals surface area contributed by atoms with Crippen molar-refractivity contribution in [3.8, 4) is 0 Å². The van der Waals surface area contributed by atoms with Gasteiger partial charge < -0.3 is 10.2 Å². The maximum atomic E-state index is 12.3. The summed E-state index contributed by atoms with van der Waals surface area (Å²) >= 11 is 0. The normalized spacial score (nSPS) is 23.4. The highest BCUT2D eigenvalue weighted by atomic mass is 16.2. The number of hydrogen-bond donors (Lipinski definition) is 1. The van der Waals surface area contributed by atoms with Crippen molar-refractivity contribution >= 4 is 5.91 Å². The molecule has 3 heteroatoms. The SMILES string of the molecule is CCC(C)N(CC)C(=O)CC(C)C1CCCNC1. The number of hydrogen-bond acceptors (Lipinski definition) is 2. The second-order valence-corrected chi connectivity index (χ2v) is 5.72. The molecule has 1 fully saturated rings. The van der Waals surface area contributed by atoms with Crippen LogP contribution in [-0.2, 0) is 4.79 Å². The van der Waals surface area contributed by atoms with Crippen molar-refractivity contribution in [1.82, 2.24) is 10.2 Å². The fourth-order valence-corrected chi connectivity index (χ4v) is 2.88. The highest BCUT2D eigenvalue weighted by molar-refractivity contribution is 5.76. The fraction of sp³-hybridized carbons (Fsp3) is 0.933. The van der Waals surface area contributed by atoms with Gasteiger partial charge in [0.05, 0.1) is 0 Å². The molecule has 0 aromatic rings. The molecule has 0 aromatic heterocycles. The fourth-order valence-electron chi connectivity index (χ4n) is 2.88. The molecule has 0 spiro atoms. The van der Waals surface area contributed by atoms with Crippen LogP contribution in [0.25, 0.3) is 0 Å². The maximum Gasteiger partial charge on any atom is 0.223 e. The van der Waals surface area contributed by atoms with E-state index in [0.717, 1.165) is 26.1 Å². The Balaban J connectivity index is 2.46. The zero-order valence-corrected chi connectivity index (χ0v) is 12.5. The van der Waals surface area contributed by atoms with E-state index < -0.39 is 0 Å². The van der Waals surface area contributed by atoms with Gasteiger partial charge >= 0.3 is 0 Å². The summed E-state index contributed by atoms with van der Waals surface area (Å²) < 4.78 is 0. The monoisotopic (exact) mass is 254 g/mol. The number of rotatable bonds is 6. The first-order valence-corrected chi connectivity index (χ1v) is 7.60. The van der Waals surface area contributed by atoms with Gasteiger partial charge in [-0.15, -0.1) is 0 Å². The van der Waals surface area contributed by atoms with Gasteiger partial charge in [0, 0.05) is 19.0 Å². The summed E-state index contributed by atoms with van der Waals surface area (Å²) in [6.07, 6.45) is 4.28. The van der Waals surface area contributed by atoms with Crippen LogP contribution in [0.1, 0.15) is 53.4 Å². The number of carbonyl (C=O) groups excluding carboxylic acids is 1. The molecule has 0 radical (unpaired) electrons. The van der Waals surface area contributed by atoms with Crippen LogP contribution in [0.4, 0.5) is 0 Å². The molecule has 3 nitrogen and oxygen atoms in total. The summed E-state index contributed by atoms with van der Waals surface area (Å²) in [7, 11) is 0. The number of amides is 1. The molecule has 1 N–H and O–H groups in total. The summed E-state index contributed by atoms with van der Waals surface area (Å²) in [5.74, 6) is 1.52. The standard InChI is InChI=1S/C15H30N2O/c1-5-13(4)17(6-2)15(18)10-12(3)14-8-7-9-16-11-14/h12-14,16H,5-11H2,1-4H3. The van der Waals surface area contributed by atoms with Gasteiger partial charge in [0.2, 0.25) is 5.91 Å². The van der Waals surface area contributed by atoms with Gasteiger partial charge in [-0.2, -0.15) is 0 Å². The molecular weight excluding hydrogens is 224 g/mol. The number of nitrogens with zero attached hydrogens (tertiary/aromatic N) is 1. The van der Waals surface area contributed by atoms with Crippen molar-refractivity contribution in [2.45, 2.75) is 59.4 Å². The molecule has 1 rings (SSSR count). The first kappa shape index (κ1) is 15.5. The van der Waals surface area contributed by atoms with E-state index in [2.05, 4.69) is 33.0 Å². The summed E-state index contributed by atoms with van der Waals surface area (Å²) in [5.41, 5.74) is 0. The van der Waals surface area contributed by atoms with Gasteiger partial charge in [0.1, 0.15) is 0 Å². The topological polar surface area (TPSA) is 32.3 Å². The molecule has 0 aromatic carbocycles. The van der Waals surface area contributed by atoms with E-state index in [1.807, 2.05) is 4.90 Å². The summed E-state index contributed by atoms with van der Waals surface area (Å²) in [5, 5.41) is 3.44. The minimum absolute atomic E-state index is 0.338. The highest BCUT2D eigenvalue weighted by Crippen LogP contribution is 2.23. The molecule has 0 aliphatic carbocycles. The summed E-state index contributed by atoms with van der Waals surface area (Å²) in [6.45, 7) is 11.7. The highest BCUT2D eigenvalue weighted by Gasteiger charge is 2.25. The van der Waals surface area contributed by atoms with Crippen LogP contribution in [0, 0.1) is 11.8 Å². The Bertz CT molecular complexity index is 249. The molecule has 1 saturated heterocycles. The Morgan fingerprint density at radius 2 is 2.11 bits per heavy atom. The second kappa shape index (κ2) is 7.78. The average Bonchev–Trinajstić information content (AvgIpc) is 2.40. The zero-order valence-electron chi connectivity index (χ0n) is 12.5. The first-order valence-electron chi connectivity index (χ1n) is 7.60. The Morgan fingerprint density at radius 3 is 2.61 bits per heavy atom. The number of carbonyl (C=O) groups is 1. The van der Waals surface area contributed by atoms with Crippen molar-refractivity contribution in [2.24, 2.45) is 11.8 Å². The van der Waals surface area contributed by atoms with Crippen LogP contribution in [0.3, 0.4) is 0 Å². The molecule has 0 bridgehead atoms. The van der Waals surface area contributed by atoms with Gasteiger partial charge in [-0.1, -0.05) is 13.8 Å². The molecule has 1 heterocycles. The van der Waals surface area contributed by atoms with E-state index in [-0.39, 0.29) is 0 Å². The Kier molecular flexibility index (Phi) is 6.69. The third-order valence-corrected chi connectivity index (χ3v) is 4.42. The Labute approximate surface area is 112 Å². The largest absolute Gasteiger partial charge is 0.340 e. The van der Waals surface area contributed by atoms with Crippen LogP contribution in [0.15, 0.2) is 0 Å². The molecule has 1 amide bonds. The van der Waals surface area contributed by atoms with Crippen LogP contribution >= 0.6 is 0 Å². The zero-order chi connectivity index (χ0) is 13.5. The molecule has 1 aliphatic rings. The Hall–Kier alpha value is -0.570. The van der Waals surface area contributed by atoms with Gasteiger partial charge in [-0.05, 0) is 58.0 Å². The predicted octanol–water partition coefficient (Wildman–Crippen LogP) is 2.66. The van der Waals surface area contributed by atoms with E-state index in [1.54, 1.807) is 0 Å². The molecule has 0 saturated carbocycles. The third kappa shape index (κ3) is 4.27. The Morgan fingerprint density at radius 1 is 1.39 bits per heavy atom. The van der Waals surface area contributed by atoms with Gasteiger partial charge in [-0.25, -0.2) is 0 Å². The minimum Gasteiger partial charge on any atom is -0.340 e. The first-order chi connectivity index (χ1) is 8.60. The molecule has 106 valence electrons. The summed E-state index contributed by atoms with van der Waals surface area (Å²) in [6, 6.07) is 0.374. The van der Waals surface area contributed by atoms with E-state index in [9.17, 15) is 4.79 Å². The van der Waals surface area contributed by atoms with Crippen LogP contribution in [0.2, 0.25) is 0 Å². The molecule has 3 unspecified atom stereocenters. The van der Waals surface area contributed by atoms with E-state index >= 15 is 0 Å². The quantitative estimate of drug-likeness (QED) is 0.790. The molecular formula is C15H30N2O. The lowest BCUT2D eigenvalue weighted by molar-refractivity contribution is -0.134. The predicted molar refractivity (Wildman–Crippen MR) is 76.5 cm³/mol. The average molecular weight is 254 g/mol. The lowest BCUT2D eigenvalue weighted by atomic mass is 9.85. The third-order valence-electron chi connectivity index (χ3n) is 4.42. The molecule has 18 heavy (non-hydrogen) atoms. The second-order valence-electron chi connectivity index (χ2n) is 5.72. The van der Waals surface area contributed by atoms with E-state index in [1.165, 1.54) is 12.8 Å². The smallest absolute Gasteiger partial charge is 0.223 e. The van der Waals surface area contributed by atoms with Crippen LogP contribution in [0.5, 0.6) is 0 Å². The van der Waals surface area contributed by atoms with Crippen molar-refractivity contribution in [2.75, 3.05) is 19.6 Å². The molecule has 1 aliphatic heterocycles. The lowest BCUT2D eigenvalue weighted by Crippen LogP contribution is -2.40. The van der Waals surface area contributed by atoms with Gasteiger partial charge in [0.15, 0.2) is 0 Å². The minimum atomic E-state index is 0.338. The van der Waals surface area contributed by atoms with Gasteiger partial charge in [0.25, 0.3) is 0 Å². The van der Waals surface area contributed by atoms with Gasteiger partial charge in [-0.3, -0.25) is 4.79 Å². The van der Waals surface area contributed by atoms with Crippen molar-refractivity contribution < 1.29 is 4.79 Å². The summed E-state index contributed by atoms with van der Waals surface area (Å²) in [4.78, 5) is 14.4. The van der Waals surface area contributed by atoms with Crippen LogP contribution in [-0.4, -0.2) is 36.5 Å². The van der Waals surface area contributed by atoms with Crippen molar-refractivity contribution in [3.63, 3.8) is 0 Å². The van der Waals surface area contributed by atoms with E-state index in [4.69, 9.17) is 0 Å². The maximum absolute atomic E-state index is 12.3. The molecule has 3 atom stereocenters. The van der Waals surface area contributed by atoms with E-state index in [0.29, 0.717) is 30.2 Å². The van der Waals surface area contributed by atoms with Crippen LogP contribution < -0.4 is 5.32 Å². The van der Waals surface area contributed by atoms with Crippen molar-refractivity contribution in [3.05, 3.63) is 0 Å². The lowest BCUT2D eigenvalue weighted by Gasteiger charge is -2.32.